The van der Waals surface area contributed by atoms with Gasteiger partial charge < -0.3 is 14.8 Å². The number of aromatic nitrogens is 2. The molecule has 4 aromatic heterocycles. The van der Waals surface area contributed by atoms with E-state index in [9.17, 15) is 14.4 Å². The number of hydrogen-bond donors (Lipinski definition) is 1. The van der Waals surface area contributed by atoms with Crippen LogP contribution in [0.25, 0.3) is 10.1 Å². The van der Waals surface area contributed by atoms with E-state index in [2.05, 4.69) is 15.3 Å². The molecule has 0 saturated heterocycles. The second kappa shape index (κ2) is 15.0. The van der Waals surface area contributed by atoms with Crippen molar-refractivity contribution in [1.29, 1.82) is 0 Å². The van der Waals surface area contributed by atoms with E-state index < -0.39 is 0 Å². The Labute approximate surface area is 246 Å². The Hall–Kier alpha value is -3.18. The number of ketones is 1. The Bertz CT molecular complexity index is 1500. The third-order valence-corrected chi connectivity index (χ3v) is 8.95. The van der Waals surface area contributed by atoms with Gasteiger partial charge in [-0.15, -0.1) is 22.7 Å². The SMILES string of the molecule is CC(=O)c1cnccc1Cl.CCOC(=O)c1sc2c(c1C)CNCC2.CCOC(=O)c1sc2ccncc2c1C. The predicted molar refractivity (Wildman–Crippen MR) is 160 cm³/mol. The highest BCUT2D eigenvalue weighted by atomic mass is 35.5. The Morgan fingerprint density at radius 3 is 2.12 bits per heavy atom. The second-order valence-corrected chi connectivity index (χ2v) is 11.2. The Morgan fingerprint density at radius 1 is 0.950 bits per heavy atom. The van der Waals surface area contributed by atoms with E-state index in [4.69, 9.17) is 21.1 Å². The molecule has 0 atom stereocenters. The van der Waals surface area contributed by atoms with Crippen molar-refractivity contribution < 1.29 is 23.9 Å². The Morgan fingerprint density at radius 2 is 1.57 bits per heavy atom. The minimum atomic E-state index is -0.240. The van der Waals surface area contributed by atoms with Crippen LogP contribution in [0.15, 0.2) is 36.9 Å². The summed E-state index contributed by atoms with van der Waals surface area (Å²) in [6.45, 7) is 11.8. The van der Waals surface area contributed by atoms with Crippen LogP contribution < -0.4 is 5.32 Å². The first kappa shape index (κ1) is 31.3. The Balaban J connectivity index is 0.000000169. The van der Waals surface area contributed by atoms with Crippen LogP contribution in [0.2, 0.25) is 5.02 Å². The van der Waals surface area contributed by atoms with Gasteiger partial charge in [0.15, 0.2) is 5.78 Å². The maximum atomic E-state index is 11.7. The fourth-order valence-electron chi connectivity index (χ4n) is 3.94. The summed E-state index contributed by atoms with van der Waals surface area (Å²) in [6, 6.07) is 3.51. The largest absolute Gasteiger partial charge is 0.462 e. The smallest absolute Gasteiger partial charge is 0.348 e. The van der Waals surface area contributed by atoms with Gasteiger partial charge in [-0.25, -0.2) is 9.59 Å². The zero-order valence-corrected chi connectivity index (χ0v) is 25.5. The van der Waals surface area contributed by atoms with Gasteiger partial charge in [-0.05, 0) is 69.9 Å². The highest BCUT2D eigenvalue weighted by Gasteiger charge is 2.22. The van der Waals surface area contributed by atoms with Gasteiger partial charge in [0.05, 0.1) is 23.8 Å². The zero-order chi connectivity index (χ0) is 29.2. The number of nitrogens with zero attached hydrogens (tertiary/aromatic N) is 2. The first-order chi connectivity index (χ1) is 19.2. The lowest BCUT2D eigenvalue weighted by Crippen LogP contribution is -2.22. The number of halogens is 1. The van der Waals surface area contributed by atoms with Gasteiger partial charge in [0.25, 0.3) is 0 Å². The first-order valence-corrected chi connectivity index (χ1v) is 14.8. The molecular weight excluding hydrogens is 570 g/mol. The molecule has 0 fully saturated rings. The molecule has 5 rings (SSSR count). The van der Waals surface area contributed by atoms with Gasteiger partial charge >= 0.3 is 11.9 Å². The average Bonchev–Trinajstić information content (AvgIpc) is 3.47. The molecule has 8 nitrogen and oxygen atoms in total. The van der Waals surface area contributed by atoms with Crippen molar-refractivity contribution in [2.75, 3.05) is 19.8 Å². The van der Waals surface area contributed by atoms with Crippen molar-refractivity contribution in [1.82, 2.24) is 15.3 Å². The number of thiophene rings is 2. The molecule has 4 aromatic rings. The molecule has 1 N–H and O–H groups in total. The summed E-state index contributed by atoms with van der Waals surface area (Å²) in [7, 11) is 0. The van der Waals surface area contributed by atoms with Gasteiger partial charge in [0.1, 0.15) is 9.75 Å². The topological polar surface area (TPSA) is 107 Å². The van der Waals surface area contributed by atoms with E-state index in [1.807, 2.05) is 33.8 Å². The number of pyridine rings is 2. The highest BCUT2D eigenvalue weighted by Crippen LogP contribution is 2.31. The van der Waals surface area contributed by atoms with Crippen molar-refractivity contribution in [2.45, 2.75) is 47.6 Å². The van der Waals surface area contributed by atoms with Crippen LogP contribution in [0, 0.1) is 13.8 Å². The summed E-state index contributed by atoms with van der Waals surface area (Å²) in [6.07, 6.45) is 7.55. The zero-order valence-electron chi connectivity index (χ0n) is 23.1. The van der Waals surface area contributed by atoms with Gasteiger partial charge in [-0.1, -0.05) is 11.6 Å². The second-order valence-electron chi connectivity index (χ2n) is 8.67. The van der Waals surface area contributed by atoms with E-state index in [0.29, 0.717) is 28.7 Å². The number of hydrogen-bond acceptors (Lipinski definition) is 10. The molecule has 0 aliphatic carbocycles. The summed E-state index contributed by atoms with van der Waals surface area (Å²) >= 11 is 8.71. The lowest BCUT2D eigenvalue weighted by Gasteiger charge is -2.12. The van der Waals surface area contributed by atoms with Gasteiger partial charge in [0, 0.05) is 52.8 Å². The van der Waals surface area contributed by atoms with Crippen LogP contribution in [0.5, 0.6) is 0 Å². The first-order valence-electron chi connectivity index (χ1n) is 12.8. The molecule has 212 valence electrons. The normalized spacial score (nSPS) is 11.8. The predicted octanol–water partition coefficient (Wildman–Crippen LogP) is 6.60. The highest BCUT2D eigenvalue weighted by molar-refractivity contribution is 7.21. The molecule has 0 radical (unpaired) electrons. The quantitative estimate of drug-likeness (QED) is 0.201. The van der Waals surface area contributed by atoms with Gasteiger partial charge in [-0.2, -0.15) is 0 Å². The van der Waals surface area contributed by atoms with Crippen molar-refractivity contribution >= 4 is 62.1 Å². The maximum Gasteiger partial charge on any atom is 0.348 e. The summed E-state index contributed by atoms with van der Waals surface area (Å²) in [4.78, 5) is 44.6. The number of esters is 2. The monoisotopic (exact) mass is 601 g/mol. The summed E-state index contributed by atoms with van der Waals surface area (Å²) in [5.41, 5.74) is 3.83. The number of ether oxygens (including phenoxy) is 2. The third-order valence-electron chi connectivity index (χ3n) is 5.99. The molecule has 0 aromatic carbocycles. The lowest BCUT2D eigenvalue weighted by atomic mass is 10.1. The van der Waals surface area contributed by atoms with Crippen LogP contribution in [-0.2, 0) is 22.4 Å². The molecule has 0 saturated carbocycles. The van der Waals surface area contributed by atoms with E-state index in [0.717, 1.165) is 45.6 Å². The van der Waals surface area contributed by atoms with E-state index in [-0.39, 0.29) is 17.7 Å². The van der Waals surface area contributed by atoms with E-state index >= 15 is 0 Å². The molecule has 1 aliphatic heterocycles. The molecule has 0 bridgehead atoms. The summed E-state index contributed by atoms with van der Waals surface area (Å²) < 4.78 is 11.1. The van der Waals surface area contributed by atoms with Crippen molar-refractivity contribution in [3.05, 3.63) is 78.8 Å². The van der Waals surface area contributed by atoms with Crippen LogP contribution in [0.4, 0.5) is 0 Å². The molecule has 0 amide bonds. The fourth-order valence-corrected chi connectivity index (χ4v) is 6.46. The minimum Gasteiger partial charge on any atom is -0.462 e. The van der Waals surface area contributed by atoms with Crippen LogP contribution in [-0.4, -0.2) is 47.4 Å². The number of carbonyl (C=O) groups excluding carboxylic acids is 3. The minimum absolute atomic E-state index is 0.0573. The molecule has 11 heteroatoms. The average molecular weight is 602 g/mol. The summed E-state index contributed by atoms with van der Waals surface area (Å²) in [5.74, 6) is -0.469. The van der Waals surface area contributed by atoms with Gasteiger partial charge in [0.2, 0.25) is 0 Å². The molecule has 40 heavy (non-hydrogen) atoms. The Kier molecular flexibility index (Phi) is 11.8. The van der Waals surface area contributed by atoms with E-state index in [1.54, 1.807) is 36.0 Å². The number of nitrogens with one attached hydrogen (secondary N) is 1. The number of fused-ring (bicyclic) bond motifs is 2. The van der Waals surface area contributed by atoms with Gasteiger partial charge in [-0.3, -0.25) is 14.8 Å². The van der Waals surface area contributed by atoms with Crippen molar-refractivity contribution in [3.63, 3.8) is 0 Å². The standard InChI is InChI=1S/C11H15NO2S.C11H11NO2S.C7H6ClNO/c2*1-3-14-11(13)10-7(2)8-6-12-5-4-9(8)15-10;1-5(10)6-4-9-3-2-7(6)8/h12H,3-6H2,1-2H3;4-6H,3H2,1-2H3;2-4H,1H3. The fraction of sp³-hybridized carbons (Fsp3) is 0.345. The molecule has 1 aliphatic rings. The number of rotatable bonds is 5. The number of Topliss-reactive ketones (excluding diaryl/α,β-unsaturated/α-hetero) is 1. The molecule has 5 heterocycles. The summed E-state index contributed by atoms with van der Waals surface area (Å²) in [5, 5.41) is 4.81. The third kappa shape index (κ3) is 7.72. The van der Waals surface area contributed by atoms with Crippen LogP contribution in [0.1, 0.15) is 72.0 Å². The van der Waals surface area contributed by atoms with Crippen LogP contribution in [0.3, 0.4) is 0 Å². The molecule has 0 spiro atoms. The van der Waals surface area contributed by atoms with Crippen LogP contribution >= 0.6 is 34.3 Å². The van der Waals surface area contributed by atoms with Crippen molar-refractivity contribution in [2.24, 2.45) is 0 Å². The number of carbonyl (C=O) groups is 3. The molecular formula is C29H32ClN3O5S2. The number of aryl methyl sites for hydroxylation is 1. The maximum absolute atomic E-state index is 11.7. The van der Waals surface area contributed by atoms with E-state index in [1.165, 1.54) is 34.9 Å². The molecule has 0 unspecified atom stereocenters. The lowest BCUT2D eigenvalue weighted by molar-refractivity contribution is 0.0521. The van der Waals surface area contributed by atoms with Crippen molar-refractivity contribution in [3.8, 4) is 0 Å².